The van der Waals surface area contributed by atoms with E-state index in [9.17, 15) is 13.6 Å². The van der Waals surface area contributed by atoms with E-state index in [1.807, 2.05) is 6.07 Å². The Kier molecular flexibility index (Phi) is 6.99. The van der Waals surface area contributed by atoms with E-state index >= 15 is 0 Å². The molecule has 1 aromatic rings. The fourth-order valence-corrected chi connectivity index (χ4v) is 4.42. The maximum Gasteiger partial charge on any atom is 0.309 e. The Bertz CT molecular complexity index is 853. The first kappa shape index (κ1) is 21.0. The van der Waals surface area contributed by atoms with E-state index in [4.69, 9.17) is 15.3 Å². The van der Waals surface area contributed by atoms with Crippen LogP contribution in [0.15, 0.2) is 30.1 Å². The molecule has 1 aromatic carbocycles. The van der Waals surface area contributed by atoms with Gasteiger partial charge in [-0.1, -0.05) is 6.07 Å². The van der Waals surface area contributed by atoms with Crippen molar-refractivity contribution in [3.8, 4) is 12.1 Å². The Labute approximate surface area is 169 Å². The molecule has 6 heteroatoms. The van der Waals surface area contributed by atoms with Crippen LogP contribution in [0.2, 0.25) is 0 Å². The molecule has 2 aliphatic carbocycles. The number of benzene rings is 1. The Hall–Kier alpha value is -2.73. The summed E-state index contributed by atoms with van der Waals surface area (Å²) < 4.78 is 32.6. The van der Waals surface area contributed by atoms with Crippen molar-refractivity contribution in [2.24, 2.45) is 11.8 Å². The molecule has 0 aromatic heterocycles. The molecule has 0 heterocycles. The van der Waals surface area contributed by atoms with Gasteiger partial charge in [-0.25, -0.2) is 4.39 Å². The van der Waals surface area contributed by atoms with E-state index in [0.717, 1.165) is 18.4 Å². The zero-order valence-electron chi connectivity index (χ0n) is 16.2. The summed E-state index contributed by atoms with van der Waals surface area (Å²) in [5.41, 5.74) is 0.927. The van der Waals surface area contributed by atoms with Crippen molar-refractivity contribution >= 4 is 5.97 Å². The third-order valence-corrected chi connectivity index (χ3v) is 6.14. The molecule has 0 unspecified atom stereocenters. The lowest BCUT2D eigenvalue weighted by molar-refractivity contribution is -0.157. The number of ether oxygens (including phenoxy) is 1. The summed E-state index contributed by atoms with van der Waals surface area (Å²) in [5, 5.41) is 17.4. The highest BCUT2D eigenvalue weighted by atomic mass is 19.1. The van der Waals surface area contributed by atoms with Crippen molar-refractivity contribution in [3.63, 3.8) is 0 Å². The first-order valence-corrected chi connectivity index (χ1v) is 10.2. The molecule has 0 bridgehead atoms. The molecule has 0 spiro atoms. The summed E-state index contributed by atoms with van der Waals surface area (Å²) in [4.78, 5) is 12.5. The Morgan fingerprint density at radius 2 is 1.76 bits per heavy atom. The summed E-state index contributed by atoms with van der Waals surface area (Å²) in [6.07, 6.45) is 7.01. The fraction of sp³-hybridized carbons (Fsp3) is 0.522. The molecular formula is C23H24F2N2O2. The highest BCUT2D eigenvalue weighted by Gasteiger charge is 2.31. The quantitative estimate of drug-likeness (QED) is 0.499. The monoisotopic (exact) mass is 398 g/mol. The van der Waals surface area contributed by atoms with Crippen LogP contribution in [0, 0.1) is 40.3 Å². The number of carbonyl (C=O) groups is 1. The minimum Gasteiger partial charge on any atom is -0.462 e. The van der Waals surface area contributed by atoms with Gasteiger partial charge >= 0.3 is 5.97 Å². The van der Waals surface area contributed by atoms with Gasteiger partial charge in [0.05, 0.1) is 11.5 Å². The lowest BCUT2D eigenvalue weighted by atomic mass is 9.78. The molecule has 3 rings (SSSR count). The van der Waals surface area contributed by atoms with Crippen LogP contribution in [0.25, 0.3) is 0 Å². The van der Waals surface area contributed by atoms with Crippen molar-refractivity contribution < 1.29 is 18.3 Å². The molecule has 2 saturated carbocycles. The maximum atomic E-state index is 13.9. The average Bonchev–Trinajstić information content (AvgIpc) is 2.75. The smallest absolute Gasteiger partial charge is 0.309 e. The number of nitriles is 2. The predicted octanol–water partition coefficient (Wildman–Crippen LogP) is 5.45. The highest BCUT2D eigenvalue weighted by Crippen LogP contribution is 2.37. The van der Waals surface area contributed by atoms with E-state index in [2.05, 4.69) is 0 Å². The van der Waals surface area contributed by atoms with E-state index in [0.29, 0.717) is 38.5 Å². The molecule has 4 nitrogen and oxygen atoms in total. The molecule has 0 radical (unpaired) electrons. The van der Waals surface area contributed by atoms with Gasteiger partial charge in [0.2, 0.25) is 0 Å². The first-order valence-electron chi connectivity index (χ1n) is 10.2. The summed E-state index contributed by atoms with van der Waals surface area (Å²) in [6.45, 7) is 0. The second-order valence-electron chi connectivity index (χ2n) is 8.00. The fourth-order valence-electron chi connectivity index (χ4n) is 4.42. The second-order valence-corrected chi connectivity index (χ2v) is 8.00. The van der Waals surface area contributed by atoms with Crippen molar-refractivity contribution in [2.45, 2.75) is 63.4 Å². The van der Waals surface area contributed by atoms with Crippen LogP contribution >= 0.6 is 0 Å². The molecule has 152 valence electrons. The summed E-state index contributed by atoms with van der Waals surface area (Å²) >= 11 is 0. The molecule has 0 N–H and O–H groups in total. The standard InChI is InChI=1S/C23H24F2N2O2/c24-20(14-27)11-15-1-9-21(10-2-15)29-23(28)17-5-3-16(4-6-17)18-7-8-19(13-26)22(25)12-18/h7-8,11-12,15-17,21H,1-6,9-10H2/b20-11+. The molecule has 0 amide bonds. The number of nitrogens with zero attached hydrogens (tertiary/aromatic N) is 2. The maximum absolute atomic E-state index is 13.9. The van der Waals surface area contributed by atoms with Crippen molar-refractivity contribution in [2.75, 3.05) is 0 Å². The summed E-state index contributed by atoms with van der Waals surface area (Å²) in [7, 11) is 0. The third kappa shape index (κ3) is 5.41. The van der Waals surface area contributed by atoms with Crippen molar-refractivity contribution in [1.29, 1.82) is 10.5 Å². The number of hydrogen-bond donors (Lipinski definition) is 0. The third-order valence-electron chi connectivity index (χ3n) is 6.14. The minimum atomic E-state index is -0.746. The highest BCUT2D eigenvalue weighted by molar-refractivity contribution is 5.72. The van der Waals surface area contributed by atoms with Gasteiger partial charge in [-0.2, -0.15) is 14.9 Å². The second kappa shape index (κ2) is 9.65. The zero-order valence-corrected chi connectivity index (χ0v) is 16.2. The van der Waals surface area contributed by atoms with Crippen LogP contribution in [-0.4, -0.2) is 12.1 Å². The normalized spacial score (nSPS) is 27.5. The summed E-state index contributed by atoms with van der Waals surface area (Å²) in [5.74, 6) is -1.32. The topological polar surface area (TPSA) is 73.9 Å². The Morgan fingerprint density at radius 1 is 1.07 bits per heavy atom. The van der Waals surface area contributed by atoms with Crippen LogP contribution in [0.3, 0.4) is 0 Å². The lowest BCUT2D eigenvalue weighted by Gasteiger charge is -2.31. The number of hydrogen-bond acceptors (Lipinski definition) is 4. The van der Waals surface area contributed by atoms with Crippen LogP contribution in [0.5, 0.6) is 0 Å². The summed E-state index contributed by atoms with van der Waals surface area (Å²) in [6, 6.07) is 8.07. The van der Waals surface area contributed by atoms with Crippen LogP contribution in [0.4, 0.5) is 8.78 Å². The number of halogens is 2. The molecule has 0 aliphatic heterocycles. The molecule has 2 aliphatic rings. The Balaban J connectivity index is 1.46. The molecule has 0 saturated heterocycles. The van der Waals surface area contributed by atoms with Gasteiger partial charge < -0.3 is 4.74 Å². The van der Waals surface area contributed by atoms with E-state index < -0.39 is 11.6 Å². The molecule has 29 heavy (non-hydrogen) atoms. The minimum absolute atomic E-state index is 0.0351. The molecular weight excluding hydrogens is 374 g/mol. The number of rotatable bonds is 4. The molecule has 0 atom stereocenters. The van der Waals surface area contributed by atoms with Gasteiger partial charge in [-0.3, -0.25) is 4.79 Å². The van der Waals surface area contributed by atoms with Gasteiger partial charge in [-0.15, -0.1) is 0 Å². The lowest BCUT2D eigenvalue weighted by Crippen LogP contribution is -2.29. The number of carbonyl (C=O) groups excluding carboxylic acids is 1. The molecule has 2 fully saturated rings. The number of allylic oxidation sites excluding steroid dienone is 2. The first-order chi connectivity index (χ1) is 14.0. The van der Waals surface area contributed by atoms with E-state index in [1.54, 1.807) is 6.07 Å². The van der Waals surface area contributed by atoms with Gasteiger partial charge in [0.25, 0.3) is 0 Å². The predicted molar refractivity (Wildman–Crippen MR) is 102 cm³/mol. The average molecular weight is 398 g/mol. The van der Waals surface area contributed by atoms with Gasteiger partial charge in [0.1, 0.15) is 24.1 Å². The van der Waals surface area contributed by atoms with Crippen molar-refractivity contribution in [3.05, 3.63) is 47.0 Å². The van der Waals surface area contributed by atoms with Crippen LogP contribution in [-0.2, 0) is 9.53 Å². The van der Waals surface area contributed by atoms with Crippen LogP contribution < -0.4 is 0 Å². The SMILES string of the molecule is N#C/C(F)=C\C1CCC(OC(=O)C2CCC(c3ccc(C#N)c(F)c3)CC2)CC1. The van der Waals surface area contributed by atoms with Crippen molar-refractivity contribution in [1.82, 2.24) is 0 Å². The Morgan fingerprint density at radius 3 is 2.34 bits per heavy atom. The van der Waals surface area contributed by atoms with Gasteiger partial charge in [0, 0.05) is 0 Å². The number of esters is 1. The largest absolute Gasteiger partial charge is 0.462 e. The van der Waals surface area contributed by atoms with E-state index in [-0.39, 0.29) is 35.4 Å². The zero-order chi connectivity index (χ0) is 20.8. The van der Waals surface area contributed by atoms with Crippen LogP contribution in [0.1, 0.15) is 68.4 Å². The van der Waals surface area contributed by atoms with Gasteiger partial charge in [-0.05, 0) is 87.0 Å². The van der Waals surface area contributed by atoms with E-state index in [1.165, 1.54) is 24.3 Å². The van der Waals surface area contributed by atoms with Gasteiger partial charge in [0.15, 0.2) is 5.83 Å².